The van der Waals surface area contributed by atoms with E-state index < -0.39 is 0 Å². The highest BCUT2D eigenvalue weighted by Crippen LogP contribution is 2.26. The Labute approximate surface area is 169 Å². The summed E-state index contributed by atoms with van der Waals surface area (Å²) in [5.41, 5.74) is 2.55. The Kier molecular flexibility index (Phi) is 6.96. The molecule has 0 heterocycles. The lowest BCUT2D eigenvalue weighted by Gasteiger charge is -2.12. The third kappa shape index (κ3) is 5.43. The molecule has 0 unspecified atom stereocenters. The first-order valence-corrected chi connectivity index (χ1v) is 9.44. The summed E-state index contributed by atoms with van der Waals surface area (Å²) in [7, 11) is 0. The van der Waals surface area contributed by atoms with Crippen LogP contribution in [0.2, 0.25) is 0 Å². The standard InChI is InChI=1S/C24H21FN2O2/c25-19-11-13-20(14-12-19)29-16-6-5-15-27-24(28)23-10-4-3-9-22(23)21-8-2-1-7-18(21)17-26/h1-4,7-14H,5-6,15-16H2,(H,27,28). The smallest absolute Gasteiger partial charge is 0.251 e. The fraction of sp³-hybridized carbons (Fsp3) is 0.167. The topological polar surface area (TPSA) is 62.1 Å². The van der Waals surface area contributed by atoms with E-state index in [9.17, 15) is 14.4 Å². The third-order valence-electron chi connectivity index (χ3n) is 4.45. The van der Waals surface area contributed by atoms with Crippen LogP contribution in [0.3, 0.4) is 0 Å². The zero-order valence-electron chi connectivity index (χ0n) is 15.9. The minimum atomic E-state index is -0.294. The van der Waals surface area contributed by atoms with Crippen molar-refractivity contribution < 1.29 is 13.9 Å². The molecule has 3 rings (SSSR count). The van der Waals surface area contributed by atoms with Gasteiger partial charge < -0.3 is 10.1 Å². The molecule has 0 aliphatic heterocycles. The van der Waals surface area contributed by atoms with Gasteiger partial charge in [-0.1, -0.05) is 36.4 Å². The molecule has 0 saturated heterocycles. The van der Waals surface area contributed by atoms with Crippen molar-refractivity contribution in [3.8, 4) is 22.9 Å². The van der Waals surface area contributed by atoms with Crippen molar-refractivity contribution in [3.63, 3.8) is 0 Å². The third-order valence-corrected chi connectivity index (χ3v) is 4.45. The van der Waals surface area contributed by atoms with E-state index >= 15 is 0 Å². The van der Waals surface area contributed by atoms with Crippen molar-refractivity contribution in [2.75, 3.05) is 13.2 Å². The first-order valence-electron chi connectivity index (χ1n) is 9.44. The molecule has 3 aromatic rings. The Morgan fingerprint density at radius 3 is 2.38 bits per heavy atom. The molecule has 0 bridgehead atoms. The minimum absolute atomic E-state index is 0.173. The average molecular weight is 388 g/mol. The molecule has 0 saturated carbocycles. The molecular weight excluding hydrogens is 367 g/mol. The second kappa shape index (κ2) is 10.0. The first-order chi connectivity index (χ1) is 14.2. The van der Waals surface area contributed by atoms with Gasteiger partial charge >= 0.3 is 0 Å². The maximum atomic E-state index is 12.9. The van der Waals surface area contributed by atoms with Crippen molar-refractivity contribution in [2.45, 2.75) is 12.8 Å². The highest BCUT2D eigenvalue weighted by Gasteiger charge is 2.14. The summed E-state index contributed by atoms with van der Waals surface area (Å²) in [5.74, 6) is 0.158. The van der Waals surface area contributed by atoms with Crippen LogP contribution in [0.25, 0.3) is 11.1 Å². The largest absolute Gasteiger partial charge is 0.494 e. The number of nitrogens with zero attached hydrogens (tertiary/aromatic N) is 1. The molecule has 29 heavy (non-hydrogen) atoms. The van der Waals surface area contributed by atoms with Gasteiger partial charge in [-0.3, -0.25) is 4.79 Å². The number of halogens is 1. The average Bonchev–Trinajstić information content (AvgIpc) is 2.77. The van der Waals surface area contributed by atoms with Gasteiger partial charge in [0.25, 0.3) is 5.91 Å². The monoisotopic (exact) mass is 388 g/mol. The number of carbonyl (C=O) groups excluding carboxylic acids is 1. The molecule has 0 aliphatic rings. The molecule has 0 fully saturated rings. The summed E-state index contributed by atoms with van der Waals surface area (Å²) < 4.78 is 18.4. The zero-order chi connectivity index (χ0) is 20.5. The summed E-state index contributed by atoms with van der Waals surface area (Å²) in [6.45, 7) is 1.01. The van der Waals surface area contributed by atoms with Gasteiger partial charge in [0.15, 0.2) is 0 Å². The van der Waals surface area contributed by atoms with Crippen molar-refractivity contribution in [3.05, 3.63) is 89.7 Å². The number of unbranched alkanes of at least 4 members (excludes halogenated alkanes) is 1. The molecule has 1 N–H and O–H groups in total. The van der Waals surface area contributed by atoms with Crippen LogP contribution in [0.5, 0.6) is 5.75 Å². The second-order valence-corrected chi connectivity index (χ2v) is 6.47. The maximum Gasteiger partial charge on any atom is 0.251 e. The molecule has 0 spiro atoms. The maximum absolute atomic E-state index is 12.9. The number of benzene rings is 3. The first kappa shape index (κ1) is 20.1. The number of amides is 1. The zero-order valence-corrected chi connectivity index (χ0v) is 15.9. The van der Waals surface area contributed by atoms with Gasteiger partial charge in [-0.2, -0.15) is 5.26 Å². The van der Waals surface area contributed by atoms with Crippen molar-refractivity contribution in [1.29, 1.82) is 5.26 Å². The molecular formula is C24H21FN2O2. The molecule has 4 nitrogen and oxygen atoms in total. The van der Waals surface area contributed by atoms with E-state index in [1.807, 2.05) is 30.3 Å². The van der Waals surface area contributed by atoms with E-state index in [2.05, 4.69) is 11.4 Å². The molecule has 3 aromatic carbocycles. The number of hydrogen-bond donors (Lipinski definition) is 1. The lowest BCUT2D eigenvalue weighted by atomic mass is 9.95. The van der Waals surface area contributed by atoms with Crippen LogP contribution in [-0.4, -0.2) is 19.1 Å². The lowest BCUT2D eigenvalue weighted by molar-refractivity contribution is 0.0953. The van der Waals surface area contributed by atoms with E-state index in [1.165, 1.54) is 12.1 Å². The summed E-state index contributed by atoms with van der Waals surface area (Å²) in [4.78, 5) is 12.7. The molecule has 146 valence electrons. The van der Waals surface area contributed by atoms with Crippen LogP contribution in [0, 0.1) is 17.1 Å². The van der Waals surface area contributed by atoms with Gasteiger partial charge in [-0.05, 0) is 54.8 Å². The van der Waals surface area contributed by atoms with Crippen LogP contribution in [0.1, 0.15) is 28.8 Å². The van der Waals surface area contributed by atoms with Gasteiger partial charge in [0.1, 0.15) is 11.6 Å². The fourth-order valence-corrected chi connectivity index (χ4v) is 2.98. The lowest BCUT2D eigenvalue weighted by Crippen LogP contribution is -2.25. The molecule has 1 amide bonds. The Hall–Kier alpha value is -3.65. The van der Waals surface area contributed by atoms with Crippen LogP contribution < -0.4 is 10.1 Å². The Bertz CT molecular complexity index is 1010. The molecule has 0 aliphatic carbocycles. The predicted molar refractivity (Wildman–Crippen MR) is 110 cm³/mol. The quantitative estimate of drug-likeness (QED) is 0.555. The highest BCUT2D eigenvalue weighted by molar-refractivity contribution is 6.01. The van der Waals surface area contributed by atoms with Gasteiger partial charge in [0, 0.05) is 17.7 Å². The van der Waals surface area contributed by atoms with Gasteiger partial charge in [-0.25, -0.2) is 4.39 Å². The second-order valence-electron chi connectivity index (χ2n) is 6.47. The van der Waals surface area contributed by atoms with Gasteiger partial charge in [-0.15, -0.1) is 0 Å². The molecule has 0 radical (unpaired) electrons. The highest BCUT2D eigenvalue weighted by atomic mass is 19.1. The summed E-state index contributed by atoms with van der Waals surface area (Å²) >= 11 is 0. The van der Waals surface area contributed by atoms with Crippen LogP contribution in [0.4, 0.5) is 4.39 Å². The van der Waals surface area contributed by atoms with E-state index in [-0.39, 0.29) is 11.7 Å². The fourth-order valence-electron chi connectivity index (χ4n) is 2.98. The summed E-state index contributed by atoms with van der Waals surface area (Å²) in [6, 6.07) is 22.6. The molecule has 0 aromatic heterocycles. The van der Waals surface area contributed by atoms with Crippen LogP contribution in [-0.2, 0) is 0 Å². The Morgan fingerprint density at radius 2 is 1.62 bits per heavy atom. The van der Waals surface area contributed by atoms with Crippen LogP contribution in [0.15, 0.2) is 72.8 Å². The summed E-state index contributed by atoms with van der Waals surface area (Å²) in [6.07, 6.45) is 1.51. The van der Waals surface area contributed by atoms with Crippen LogP contribution >= 0.6 is 0 Å². The number of hydrogen-bond acceptors (Lipinski definition) is 3. The predicted octanol–water partition coefficient (Wildman–Crippen LogP) is 4.95. The SMILES string of the molecule is N#Cc1ccccc1-c1ccccc1C(=O)NCCCCOc1ccc(F)cc1. The van der Waals surface area contributed by atoms with E-state index in [0.717, 1.165) is 24.0 Å². The molecule has 0 atom stereocenters. The van der Waals surface area contributed by atoms with Crippen molar-refractivity contribution in [2.24, 2.45) is 0 Å². The number of nitriles is 1. The number of ether oxygens (including phenoxy) is 1. The van der Waals surface area contributed by atoms with E-state index in [4.69, 9.17) is 4.74 Å². The number of carbonyl (C=O) groups is 1. The minimum Gasteiger partial charge on any atom is -0.494 e. The van der Waals surface area contributed by atoms with Crippen molar-refractivity contribution in [1.82, 2.24) is 5.32 Å². The number of rotatable bonds is 8. The van der Waals surface area contributed by atoms with Crippen molar-refractivity contribution >= 4 is 5.91 Å². The summed E-state index contributed by atoms with van der Waals surface area (Å²) in [5, 5.41) is 12.3. The molecule has 5 heteroatoms. The Balaban J connectivity index is 1.52. The van der Waals surface area contributed by atoms with E-state index in [0.29, 0.717) is 30.0 Å². The van der Waals surface area contributed by atoms with Gasteiger partial charge in [0.05, 0.1) is 18.2 Å². The normalized spacial score (nSPS) is 10.2. The Morgan fingerprint density at radius 1 is 0.931 bits per heavy atom. The van der Waals surface area contributed by atoms with Gasteiger partial charge in [0.2, 0.25) is 0 Å². The number of nitrogens with one attached hydrogen (secondary N) is 1. The van der Waals surface area contributed by atoms with E-state index in [1.54, 1.807) is 30.3 Å².